The average Bonchev–Trinajstić information content (AvgIpc) is 3.03. The molecule has 0 N–H and O–H groups in total. The second kappa shape index (κ2) is 9.66. The van der Waals surface area contributed by atoms with Crippen LogP contribution in [0.25, 0.3) is 10.2 Å². The van der Waals surface area contributed by atoms with Gasteiger partial charge in [-0.1, -0.05) is 11.3 Å². The van der Waals surface area contributed by atoms with Crippen molar-refractivity contribution in [2.24, 2.45) is 4.99 Å². The van der Waals surface area contributed by atoms with Gasteiger partial charge in [-0.15, -0.1) is 0 Å². The SMILES string of the molecule is COC(=O)Cn1c(=NC(=O)CS(=O)(=O)CC(=O)N2CCOCC2)sc2cc(F)ccc21. The van der Waals surface area contributed by atoms with E-state index in [0.717, 1.165) is 11.3 Å². The van der Waals surface area contributed by atoms with Crippen LogP contribution in [0.5, 0.6) is 0 Å². The fourth-order valence-corrected chi connectivity index (χ4v) is 5.12. The number of hydrogen-bond donors (Lipinski definition) is 0. The van der Waals surface area contributed by atoms with Crippen LogP contribution in [0, 0.1) is 5.82 Å². The quantitative estimate of drug-likeness (QED) is 0.528. The summed E-state index contributed by atoms with van der Waals surface area (Å²) in [7, 11) is -2.87. The van der Waals surface area contributed by atoms with Gasteiger partial charge in [0.25, 0.3) is 5.91 Å². The van der Waals surface area contributed by atoms with Gasteiger partial charge in [0.1, 0.15) is 23.9 Å². The maximum Gasteiger partial charge on any atom is 0.325 e. The van der Waals surface area contributed by atoms with Crippen LogP contribution in [0.3, 0.4) is 0 Å². The predicted octanol–water partition coefficient (Wildman–Crippen LogP) is -0.284. The summed E-state index contributed by atoms with van der Waals surface area (Å²) >= 11 is 0.925. The molecule has 1 fully saturated rings. The maximum atomic E-state index is 13.6. The minimum absolute atomic E-state index is 0.0192. The number of methoxy groups -OCH3 is 1. The van der Waals surface area contributed by atoms with E-state index < -0.39 is 44.9 Å². The number of morpholine rings is 1. The molecule has 13 heteroatoms. The van der Waals surface area contributed by atoms with Crippen molar-refractivity contribution in [3.05, 3.63) is 28.8 Å². The van der Waals surface area contributed by atoms with Crippen LogP contribution in [-0.4, -0.2) is 80.6 Å². The number of halogens is 1. The minimum Gasteiger partial charge on any atom is -0.468 e. The highest BCUT2D eigenvalue weighted by molar-refractivity contribution is 7.92. The minimum atomic E-state index is -4.06. The van der Waals surface area contributed by atoms with E-state index in [-0.39, 0.29) is 11.3 Å². The van der Waals surface area contributed by atoms with Crippen molar-refractivity contribution in [1.82, 2.24) is 9.47 Å². The molecule has 1 aliphatic heterocycles. The second-order valence-corrected chi connectivity index (χ2v) is 9.76. The summed E-state index contributed by atoms with van der Waals surface area (Å²) < 4.78 is 49.7. The van der Waals surface area contributed by atoms with Gasteiger partial charge in [0.05, 0.1) is 30.5 Å². The monoisotopic (exact) mass is 473 g/mol. The number of sulfone groups is 1. The number of esters is 1. The van der Waals surface area contributed by atoms with E-state index in [2.05, 4.69) is 9.73 Å². The van der Waals surface area contributed by atoms with Crippen molar-refractivity contribution < 1.29 is 36.7 Å². The van der Waals surface area contributed by atoms with Crippen LogP contribution >= 0.6 is 11.3 Å². The third kappa shape index (κ3) is 5.95. The lowest BCUT2D eigenvalue weighted by atomic mass is 10.3. The summed E-state index contributed by atoms with van der Waals surface area (Å²) in [6.07, 6.45) is 0. The number of fused-ring (bicyclic) bond motifs is 1. The predicted molar refractivity (Wildman–Crippen MR) is 108 cm³/mol. The fraction of sp³-hybridized carbons (Fsp3) is 0.444. The molecule has 0 bridgehead atoms. The van der Waals surface area contributed by atoms with Crippen LogP contribution < -0.4 is 4.80 Å². The molecule has 0 radical (unpaired) electrons. The van der Waals surface area contributed by atoms with E-state index in [1.165, 1.54) is 34.8 Å². The molecule has 2 aromatic rings. The highest BCUT2D eigenvalue weighted by Gasteiger charge is 2.25. The van der Waals surface area contributed by atoms with Gasteiger partial charge < -0.3 is 18.9 Å². The molecule has 168 valence electrons. The van der Waals surface area contributed by atoms with E-state index in [1.54, 1.807) is 0 Å². The normalized spacial score (nSPS) is 15.3. The van der Waals surface area contributed by atoms with Gasteiger partial charge >= 0.3 is 5.97 Å². The van der Waals surface area contributed by atoms with Crippen molar-refractivity contribution in [3.63, 3.8) is 0 Å². The third-order valence-electron chi connectivity index (χ3n) is 4.43. The molecule has 1 saturated heterocycles. The smallest absolute Gasteiger partial charge is 0.325 e. The number of aromatic nitrogens is 1. The van der Waals surface area contributed by atoms with Crippen molar-refractivity contribution in [2.45, 2.75) is 6.54 Å². The summed E-state index contributed by atoms with van der Waals surface area (Å²) in [5.41, 5.74) is 0.439. The van der Waals surface area contributed by atoms with Gasteiger partial charge in [-0.2, -0.15) is 4.99 Å². The molecule has 0 unspecified atom stereocenters. The van der Waals surface area contributed by atoms with Crippen molar-refractivity contribution in [2.75, 3.05) is 44.9 Å². The number of carbonyl (C=O) groups is 3. The van der Waals surface area contributed by atoms with Crippen molar-refractivity contribution in [1.29, 1.82) is 0 Å². The van der Waals surface area contributed by atoms with Gasteiger partial charge in [0.15, 0.2) is 14.6 Å². The Labute approximate surface area is 180 Å². The van der Waals surface area contributed by atoms with Crippen LogP contribution in [0.15, 0.2) is 23.2 Å². The highest BCUT2D eigenvalue weighted by atomic mass is 32.2. The molecule has 0 saturated carbocycles. The number of amides is 2. The molecule has 2 amide bonds. The Kier molecular flexibility index (Phi) is 7.18. The number of thiazole rings is 1. The van der Waals surface area contributed by atoms with E-state index in [4.69, 9.17) is 4.74 Å². The Morgan fingerprint density at radius 3 is 2.61 bits per heavy atom. The lowest BCUT2D eigenvalue weighted by Gasteiger charge is -2.26. The van der Waals surface area contributed by atoms with Crippen LogP contribution in [0.2, 0.25) is 0 Å². The first-order valence-corrected chi connectivity index (χ1v) is 11.8. The molecule has 31 heavy (non-hydrogen) atoms. The summed E-state index contributed by atoms with van der Waals surface area (Å²) in [5, 5.41) is 0. The summed E-state index contributed by atoms with van der Waals surface area (Å²) in [4.78, 5) is 41.5. The lowest BCUT2D eigenvalue weighted by Crippen LogP contribution is -2.43. The standard InChI is InChI=1S/C18H20FN3O7S2/c1-28-17(25)9-22-13-3-2-12(19)8-14(13)30-18(22)20-15(23)10-31(26,27)11-16(24)21-4-6-29-7-5-21/h2-3,8H,4-7,9-11H2,1H3. The zero-order valence-electron chi connectivity index (χ0n) is 16.6. The summed E-state index contributed by atoms with van der Waals surface area (Å²) in [6.45, 7) is 0.938. The molecule has 3 rings (SSSR count). The van der Waals surface area contributed by atoms with Gasteiger partial charge in [0.2, 0.25) is 5.91 Å². The van der Waals surface area contributed by atoms with E-state index >= 15 is 0 Å². The number of benzene rings is 1. The zero-order chi connectivity index (χ0) is 22.6. The zero-order valence-corrected chi connectivity index (χ0v) is 18.2. The van der Waals surface area contributed by atoms with Crippen LogP contribution in [-0.2, 0) is 40.2 Å². The molecular weight excluding hydrogens is 453 g/mol. The molecule has 10 nitrogen and oxygen atoms in total. The Hall–Kier alpha value is -2.64. The van der Waals surface area contributed by atoms with Crippen molar-refractivity contribution >= 4 is 49.2 Å². The first-order chi connectivity index (χ1) is 14.7. The van der Waals surface area contributed by atoms with Crippen LogP contribution in [0.4, 0.5) is 4.39 Å². The number of nitrogens with zero attached hydrogens (tertiary/aromatic N) is 3. The molecule has 0 aliphatic carbocycles. The van der Waals surface area contributed by atoms with Gasteiger partial charge in [0, 0.05) is 13.1 Å². The number of carbonyl (C=O) groups excluding carboxylic acids is 3. The number of ether oxygens (including phenoxy) is 2. The molecule has 1 aliphatic rings. The topological polar surface area (TPSA) is 124 Å². The summed E-state index contributed by atoms with van der Waals surface area (Å²) in [6, 6.07) is 3.83. The fourth-order valence-electron chi connectivity index (χ4n) is 2.95. The van der Waals surface area contributed by atoms with Gasteiger partial charge in [-0.3, -0.25) is 14.4 Å². The lowest BCUT2D eigenvalue weighted by molar-refractivity contribution is -0.141. The van der Waals surface area contributed by atoms with E-state index in [9.17, 15) is 27.2 Å². The summed E-state index contributed by atoms with van der Waals surface area (Å²) in [5.74, 6) is -4.52. The number of hydrogen-bond acceptors (Lipinski definition) is 8. The molecule has 2 heterocycles. The first kappa shape index (κ1) is 23.0. The third-order valence-corrected chi connectivity index (χ3v) is 6.85. The maximum absolute atomic E-state index is 13.6. The molecule has 0 spiro atoms. The largest absolute Gasteiger partial charge is 0.468 e. The Morgan fingerprint density at radius 1 is 1.23 bits per heavy atom. The second-order valence-electron chi connectivity index (χ2n) is 6.69. The molecule has 1 aromatic carbocycles. The molecule has 1 aromatic heterocycles. The molecule has 0 atom stereocenters. The first-order valence-electron chi connectivity index (χ1n) is 9.18. The Balaban J connectivity index is 1.83. The van der Waals surface area contributed by atoms with Gasteiger partial charge in [-0.25, -0.2) is 12.8 Å². The average molecular weight is 474 g/mol. The Morgan fingerprint density at radius 2 is 1.94 bits per heavy atom. The van der Waals surface area contributed by atoms with E-state index in [0.29, 0.717) is 36.5 Å². The van der Waals surface area contributed by atoms with E-state index in [1.807, 2.05) is 0 Å². The number of rotatable bonds is 6. The highest BCUT2D eigenvalue weighted by Crippen LogP contribution is 2.18. The van der Waals surface area contributed by atoms with Crippen molar-refractivity contribution in [3.8, 4) is 0 Å². The van der Waals surface area contributed by atoms with Gasteiger partial charge in [-0.05, 0) is 18.2 Å². The molecular formula is C18H20FN3O7S2. The van der Waals surface area contributed by atoms with Crippen LogP contribution in [0.1, 0.15) is 0 Å². The Bertz CT molecular complexity index is 1180.